The van der Waals surface area contributed by atoms with E-state index in [1.54, 1.807) is 6.07 Å². The molecule has 156 valence electrons. The average molecular weight is 405 g/mol. The predicted molar refractivity (Wildman–Crippen MR) is 118 cm³/mol. The number of aromatic nitrogens is 2. The van der Waals surface area contributed by atoms with Crippen LogP contribution in [-0.2, 0) is 24.4 Å². The minimum absolute atomic E-state index is 0.0858. The molecule has 2 heterocycles. The van der Waals surface area contributed by atoms with E-state index in [-0.39, 0.29) is 18.0 Å². The number of piperidine rings is 1. The van der Waals surface area contributed by atoms with E-state index in [9.17, 15) is 9.59 Å². The Labute approximate surface area is 176 Å². The van der Waals surface area contributed by atoms with Crippen molar-refractivity contribution in [2.24, 2.45) is 0 Å². The third-order valence-electron chi connectivity index (χ3n) is 5.71. The number of amides is 1. The number of hydrogen-bond donors (Lipinski definition) is 1. The molecule has 6 heteroatoms. The summed E-state index contributed by atoms with van der Waals surface area (Å²) >= 11 is 0. The van der Waals surface area contributed by atoms with Crippen LogP contribution < -0.4 is 10.9 Å². The Morgan fingerprint density at radius 1 is 0.967 bits per heavy atom. The van der Waals surface area contributed by atoms with Crippen molar-refractivity contribution < 1.29 is 4.79 Å². The lowest BCUT2D eigenvalue weighted by atomic mass is 10.1. The van der Waals surface area contributed by atoms with Gasteiger partial charge in [0.1, 0.15) is 6.54 Å². The number of nitrogens with one attached hydrogen (secondary N) is 1. The van der Waals surface area contributed by atoms with Crippen molar-refractivity contribution in [3.8, 4) is 0 Å². The molecular formula is C24H28N4O2. The van der Waals surface area contributed by atoms with E-state index in [1.165, 1.54) is 42.6 Å². The molecule has 1 amide bonds. The molecule has 0 radical (unpaired) electrons. The van der Waals surface area contributed by atoms with Gasteiger partial charge >= 0.3 is 0 Å². The molecule has 30 heavy (non-hydrogen) atoms. The zero-order chi connectivity index (χ0) is 20.9. The third kappa shape index (κ3) is 4.76. The molecule has 1 saturated heterocycles. The number of likely N-dealkylation sites (tertiary alicyclic amines) is 1. The smallest absolute Gasteiger partial charge is 0.275 e. The highest BCUT2D eigenvalue weighted by Crippen LogP contribution is 2.14. The molecule has 1 aliphatic rings. The van der Waals surface area contributed by atoms with Crippen LogP contribution in [0.25, 0.3) is 10.8 Å². The summed E-state index contributed by atoms with van der Waals surface area (Å²) in [6, 6.07) is 15.7. The van der Waals surface area contributed by atoms with Crippen LogP contribution >= 0.6 is 0 Å². The lowest BCUT2D eigenvalue weighted by molar-refractivity contribution is -0.122. The van der Waals surface area contributed by atoms with Crippen LogP contribution in [0.3, 0.4) is 0 Å². The number of benzene rings is 2. The number of hydrogen-bond acceptors (Lipinski definition) is 4. The molecule has 0 bridgehead atoms. The number of rotatable bonds is 6. The van der Waals surface area contributed by atoms with Crippen LogP contribution in [0.2, 0.25) is 0 Å². The topological polar surface area (TPSA) is 67.2 Å². The van der Waals surface area contributed by atoms with Gasteiger partial charge in [-0.2, -0.15) is 5.10 Å². The minimum Gasteiger partial charge on any atom is -0.350 e. The van der Waals surface area contributed by atoms with Crippen LogP contribution in [0, 0.1) is 6.92 Å². The molecular weight excluding hydrogens is 376 g/mol. The number of carbonyl (C=O) groups excluding carboxylic acids is 1. The highest BCUT2D eigenvalue weighted by atomic mass is 16.2. The SMILES string of the molecule is Cc1nn(CC(=O)NCc2ccc(CN3CCCCC3)cc2)c(=O)c2ccccc12. The van der Waals surface area contributed by atoms with Crippen LogP contribution in [0.15, 0.2) is 53.3 Å². The number of aryl methyl sites for hydroxylation is 1. The highest BCUT2D eigenvalue weighted by molar-refractivity contribution is 5.83. The first-order valence-corrected chi connectivity index (χ1v) is 10.6. The van der Waals surface area contributed by atoms with Crippen LogP contribution in [0.5, 0.6) is 0 Å². The van der Waals surface area contributed by atoms with Gasteiger partial charge in [0, 0.05) is 18.5 Å². The number of carbonyl (C=O) groups is 1. The first kappa shape index (κ1) is 20.3. The minimum atomic E-state index is -0.242. The molecule has 0 saturated carbocycles. The quantitative estimate of drug-likeness (QED) is 0.686. The Kier molecular flexibility index (Phi) is 6.23. The van der Waals surface area contributed by atoms with E-state index < -0.39 is 0 Å². The molecule has 1 aliphatic heterocycles. The van der Waals surface area contributed by atoms with Gasteiger partial charge in [0.25, 0.3) is 5.56 Å². The van der Waals surface area contributed by atoms with Crippen molar-refractivity contribution in [2.45, 2.75) is 45.8 Å². The van der Waals surface area contributed by atoms with Crippen molar-refractivity contribution in [1.82, 2.24) is 20.0 Å². The zero-order valence-electron chi connectivity index (χ0n) is 17.4. The van der Waals surface area contributed by atoms with Crippen LogP contribution in [0.1, 0.15) is 36.1 Å². The Balaban J connectivity index is 1.34. The van der Waals surface area contributed by atoms with Gasteiger partial charge in [0.05, 0.1) is 11.1 Å². The summed E-state index contributed by atoms with van der Waals surface area (Å²) in [4.78, 5) is 27.5. The monoisotopic (exact) mass is 404 g/mol. The molecule has 0 unspecified atom stereocenters. The third-order valence-corrected chi connectivity index (χ3v) is 5.71. The highest BCUT2D eigenvalue weighted by Gasteiger charge is 2.12. The van der Waals surface area contributed by atoms with E-state index in [0.29, 0.717) is 11.9 Å². The Bertz CT molecular complexity index is 1080. The van der Waals surface area contributed by atoms with E-state index in [0.717, 1.165) is 23.2 Å². The summed E-state index contributed by atoms with van der Waals surface area (Å²) in [5.74, 6) is -0.225. The van der Waals surface area contributed by atoms with Gasteiger partial charge < -0.3 is 5.32 Å². The molecule has 0 spiro atoms. The van der Waals surface area contributed by atoms with Gasteiger partial charge in [0.15, 0.2) is 0 Å². The maximum Gasteiger partial charge on any atom is 0.275 e. The summed E-state index contributed by atoms with van der Waals surface area (Å²) < 4.78 is 1.24. The van der Waals surface area contributed by atoms with E-state index in [4.69, 9.17) is 0 Å². The fourth-order valence-electron chi connectivity index (χ4n) is 4.04. The molecule has 1 N–H and O–H groups in total. The molecule has 2 aromatic carbocycles. The summed E-state index contributed by atoms with van der Waals surface area (Å²) in [6.07, 6.45) is 3.92. The van der Waals surface area contributed by atoms with Gasteiger partial charge in [-0.3, -0.25) is 14.5 Å². The first-order chi connectivity index (χ1) is 14.6. The molecule has 6 nitrogen and oxygen atoms in total. The molecule has 4 rings (SSSR count). The van der Waals surface area contributed by atoms with Crippen molar-refractivity contribution in [1.29, 1.82) is 0 Å². The van der Waals surface area contributed by atoms with E-state index in [2.05, 4.69) is 39.6 Å². The van der Waals surface area contributed by atoms with Gasteiger partial charge in [0.2, 0.25) is 5.91 Å². The Morgan fingerprint density at radius 2 is 1.63 bits per heavy atom. The predicted octanol–water partition coefficient (Wildman–Crippen LogP) is 3.01. The maximum atomic E-state index is 12.6. The summed E-state index contributed by atoms with van der Waals surface area (Å²) in [5, 5.41) is 8.60. The van der Waals surface area contributed by atoms with Gasteiger partial charge in [-0.15, -0.1) is 0 Å². The van der Waals surface area contributed by atoms with Crippen molar-refractivity contribution in [3.63, 3.8) is 0 Å². The van der Waals surface area contributed by atoms with Crippen LogP contribution in [-0.4, -0.2) is 33.7 Å². The second-order valence-corrected chi connectivity index (χ2v) is 8.02. The summed E-state index contributed by atoms with van der Waals surface area (Å²) in [6.45, 7) is 5.55. The largest absolute Gasteiger partial charge is 0.350 e. The lowest BCUT2D eigenvalue weighted by Gasteiger charge is -2.26. The second-order valence-electron chi connectivity index (χ2n) is 8.02. The Hall–Kier alpha value is -2.99. The van der Waals surface area contributed by atoms with Crippen LogP contribution in [0.4, 0.5) is 0 Å². The normalized spacial score (nSPS) is 14.7. The van der Waals surface area contributed by atoms with Crippen molar-refractivity contribution in [2.75, 3.05) is 13.1 Å². The molecule has 0 atom stereocenters. The standard InChI is InChI=1S/C24H28N4O2/c1-18-21-7-3-4-8-22(21)24(30)28(26-18)17-23(29)25-15-19-9-11-20(12-10-19)16-27-13-5-2-6-14-27/h3-4,7-12H,2,5-6,13-17H2,1H3,(H,25,29). The van der Waals surface area contributed by atoms with Gasteiger partial charge in [-0.25, -0.2) is 4.68 Å². The molecule has 1 aromatic heterocycles. The first-order valence-electron chi connectivity index (χ1n) is 10.6. The summed E-state index contributed by atoms with van der Waals surface area (Å²) in [7, 11) is 0. The molecule has 1 fully saturated rings. The average Bonchev–Trinajstić information content (AvgIpc) is 2.77. The van der Waals surface area contributed by atoms with E-state index >= 15 is 0 Å². The van der Waals surface area contributed by atoms with Gasteiger partial charge in [-0.05, 0) is 50.0 Å². The molecule has 0 aliphatic carbocycles. The lowest BCUT2D eigenvalue weighted by Crippen LogP contribution is -2.33. The fraction of sp³-hybridized carbons (Fsp3) is 0.375. The maximum absolute atomic E-state index is 12.6. The van der Waals surface area contributed by atoms with Crippen molar-refractivity contribution in [3.05, 3.63) is 75.7 Å². The number of nitrogens with zero attached hydrogens (tertiary/aromatic N) is 3. The molecule has 3 aromatic rings. The second kappa shape index (κ2) is 9.22. The van der Waals surface area contributed by atoms with E-state index in [1.807, 2.05) is 25.1 Å². The number of fused-ring (bicyclic) bond motifs is 1. The fourth-order valence-corrected chi connectivity index (χ4v) is 4.04. The summed E-state index contributed by atoms with van der Waals surface area (Å²) in [5.41, 5.74) is 2.84. The Morgan fingerprint density at radius 3 is 2.37 bits per heavy atom. The van der Waals surface area contributed by atoms with Gasteiger partial charge in [-0.1, -0.05) is 48.9 Å². The zero-order valence-corrected chi connectivity index (χ0v) is 17.4. The van der Waals surface area contributed by atoms with Crippen molar-refractivity contribution >= 4 is 16.7 Å².